The van der Waals surface area contributed by atoms with Crippen molar-refractivity contribution < 1.29 is 0 Å². The average Bonchev–Trinajstić information content (AvgIpc) is 2.44. The molecule has 0 amide bonds. The van der Waals surface area contributed by atoms with E-state index in [1.807, 2.05) is 23.5 Å². The van der Waals surface area contributed by atoms with Crippen molar-refractivity contribution in [2.75, 3.05) is 0 Å². The number of aryl methyl sites for hydroxylation is 1. The quantitative estimate of drug-likeness (QED) is 0.696. The van der Waals surface area contributed by atoms with Crippen molar-refractivity contribution in [1.29, 1.82) is 0 Å². The van der Waals surface area contributed by atoms with E-state index >= 15 is 0 Å². The summed E-state index contributed by atoms with van der Waals surface area (Å²) in [7, 11) is 0. The average molecular weight is 276 g/mol. The summed E-state index contributed by atoms with van der Waals surface area (Å²) in [6.07, 6.45) is 1.07. The summed E-state index contributed by atoms with van der Waals surface area (Å²) < 4.78 is 2.51. The van der Waals surface area contributed by atoms with Crippen LogP contribution in [0.4, 0.5) is 0 Å². The number of fused-ring (bicyclic) bond motifs is 1. The predicted octanol–water partition coefficient (Wildman–Crippen LogP) is 4.88. The molecule has 1 heterocycles. The second-order valence-electron chi connectivity index (χ2n) is 2.83. The number of hydrogen-bond donors (Lipinski definition) is 0. The summed E-state index contributed by atoms with van der Waals surface area (Å²) in [5, 5.41) is 2.03. The van der Waals surface area contributed by atoms with E-state index in [1.54, 1.807) is 0 Å². The number of hydrogen-bond acceptors (Lipinski definition) is 1. The van der Waals surface area contributed by atoms with Crippen LogP contribution in [0.3, 0.4) is 0 Å². The lowest BCUT2D eigenvalue weighted by molar-refractivity contribution is 1.18. The molecule has 0 N–H and O–H groups in total. The van der Waals surface area contributed by atoms with Crippen molar-refractivity contribution in [2.24, 2.45) is 0 Å². The fourth-order valence-corrected chi connectivity index (χ4v) is 3.49. The minimum Gasteiger partial charge on any atom is -0.139 e. The molecule has 13 heavy (non-hydrogen) atoms. The third kappa shape index (κ3) is 1.63. The fraction of sp³-hybridized carbons (Fsp3) is 0.200. The van der Waals surface area contributed by atoms with Crippen molar-refractivity contribution >= 4 is 49.0 Å². The number of halogens is 2. The lowest BCUT2D eigenvalue weighted by atomic mass is 10.2. The Kier molecular flexibility index (Phi) is 2.63. The molecule has 1 aromatic heterocycles. The summed E-state index contributed by atoms with van der Waals surface area (Å²) in [5.41, 5.74) is 0. The molecule has 0 bridgehead atoms. The lowest BCUT2D eigenvalue weighted by Gasteiger charge is -1.91. The first-order valence-electron chi connectivity index (χ1n) is 4.08. The third-order valence-corrected chi connectivity index (χ3v) is 4.70. The van der Waals surface area contributed by atoms with Gasteiger partial charge < -0.3 is 0 Å². The highest BCUT2D eigenvalue weighted by Gasteiger charge is 2.07. The Hall–Kier alpha value is -0.0500. The van der Waals surface area contributed by atoms with Crippen LogP contribution in [0.15, 0.2) is 22.7 Å². The molecule has 0 radical (unpaired) electrons. The first kappa shape index (κ1) is 9.50. The molecule has 2 rings (SSSR count). The zero-order chi connectivity index (χ0) is 9.42. The number of rotatable bonds is 1. The molecule has 0 saturated heterocycles. The van der Waals surface area contributed by atoms with E-state index < -0.39 is 0 Å². The van der Waals surface area contributed by atoms with Gasteiger partial charge in [-0.1, -0.05) is 18.5 Å². The number of benzene rings is 1. The van der Waals surface area contributed by atoms with E-state index in [0.29, 0.717) is 0 Å². The molecule has 0 saturated carbocycles. The summed E-state index contributed by atoms with van der Waals surface area (Å²) >= 11 is 11.4. The zero-order valence-corrected chi connectivity index (χ0v) is 10.3. The molecule has 0 spiro atoms. The van der Waals surface area contributed by atoms with Crippen molar-refractivity contribution in [2.45, 2.75) is 13.3 Å². The highest BCUT2D eigenvalue weighted by molar-refractivity contribution is 9.10. The van der Waals surface area contributed by atoms with Crippen molar-refractivity contribution in [3.8, 4) is 0 Å². The van der Waals surface area contributed by atoms with Crippen LogP contribution < -0.4 is 0 Å². The summed E-state index contributed by atoms with van der Waals surface area (Å²) in [5.74, 6) is 0. The van der Waals surface area contributed by atoms with Crippen LogP contribution in [0, 0.1) is 0 Å². The Morgan fingerprint density at radius 1 is 1.46 bits per heavy atom. The van der Waals surface area contributed by atoms with E-state index in [1.165, 1.54) is 19.4 Å². The van der Waals surface area contributed by atoms with Crippen LogP contribution in [-0.2, 0) is 6.42 Å². The molecule has 2 aromatic rings. The van der Waals surface area contributed by atoms with Gasteiger partial charge >= 0.3 is 0 Å². The van der Waals surface area contributed by atoms with Gasteiger partial charge in [0, 0.05) is 24.5 Å². The van der Waals surface area contributed by atoms with Crippen molar-refractivity contribution in [1.82, 2.24) is 0 Å². The maximum Gasteiger partial charge on any atom is 0.0413 e. The molecule has 0 aliphatic rings. The second kappa shape index (κ2) is 3.60. The van der Waals surface area contributed by atoms with Gasteiger partial charge in [-0.2, -0.15) is 0 Å². The smallest absolute Gasteiger partial charge is 0.0413 e. The third-order valence-electron chi connectivity index (χ3n) is 1.98. The zero-order valence-electron chi connectivity index (χ0n) is 7.10. The first-order chi connectivity index (χ1) is 6.22. The summed E-state index contributed by atoms with van der Waals surface area (Å²) in [6.45, 7) is 2.16. The van der Waals surface area contributed by atoms with Gasteiger partial charge in [-0.25, -0.2) is 0 Å². The maximum atomic E-state index is 5.93. The highest BCUT2D eigenvalue weighted by Crippen LogP contribution is 2.36. The largest absolute Gasteiger partial charge is 0.139 e. The van der Waals surface area contributed by atoms with Gasteiger partial charge in [-0.15, -0.1) is 11.3 Å². The first-order valence-corrected chi connectivity index (χ1v) is 6.07. The predicted molar refractivity (Wildman–Crippen MR) is 63.9 cm³/mol. The Balaban J connectivity index is 2.77. The van der Waals surface area contributed by atoms with Crippen molar-refractivity contribution in [3.63, 3.8) is 0 Å². The van der Waals surface area contributed by atoms with E-state index in [9.17, 15) is 0 Å². The molecular formula is C10H8BrClS. The van der Waals surface area contributed by atoms with E-state index in [4.69, 9.17) is 11.6 Å². The summed E-state index contributed by atoms with van der Waals surface area (Å²) in [6, 6.07) is 6.02. The minimum absolute atomic E-state index is 0.800. The molecular weight excluding hydrogens is 268 g/mol. The van der Waals surface area contributed by atoms with Gasteiger partial charge in [0.15, 0.2) is 0 Å². The molecule has 0 atom stereocenters. The van der Waals surface area contributed by atoms with Crippen LogP contribution in [0.5, 0.6) is 0 Å². The Morgan fingerprint density at radius 3 is 2.92 bits per heavy atom. The van der Waals surface area contributed by atoms with Crippen LogP contribution in [-0.4, -0.2) is 0 Å². The molecule has 3 heteroatoms. The van der Waals surface area contributed by atoms with E-state index in [0.717, 1.165) is 11.4 Å². The second-order valence-corrected chi connectivity index (χ2v) is 5.20. The Labute approximate surface area is 94.7 Å². The highest BCUT2D eigenvalue weighted by atomic mass is 79.9. The molecule has 0 aliphatic heterocycles. The molecule has 0 fully saturated rings. The van der Waals surface area contributed by atoms with E-state index in [-0.39, 0.29) is 0 Å². The van der Waals surface area contributed by atoms with Gasteiger partial charge in [-0.05, 0) is 40.5 Å². The monoisotopic (exact) mass is 274 g/mol. The SMILES string of the molecule is CCc1sc2ccc(Cl)cc2c1Br. The topological polar surface area (TPSA) is 0 Å². The molecule has 0 nitrogen and oxygen atoms in total. The molecule has 0 unspecified atom stereocenters. The van der Waals surface area contributed by atoms with Gasteiger partial charge in [0.25, 0.3) is 0 Å². The van der Waals surface area contributed by atoms with Crippen molar-refractivity contribution in [3.05, 3.63) is 32.6 Å². The molecule has 1 aromatic carbocycles. The van der Waals surface area contributed by atoms with E-state index in [2.05, 4.69) is 28.9 Å². The van der Waals surface area contributed by atoms with Crippen LogP contribution >= 0.6 is 38.9 Å². The normalized spacial score (nSPS) is 11.0. The Morgan fingerprint density at radius 2 is 2.23 bits per heavy atom. The summed E-state index contributed by atoms with van der Waals surface area (Å²) in [4.78, 5) is 1.39. The minimum atomic E-state index is 0.800. The van der Waals surface area contributed by atoms with Gasteiger partial charge in [0.2, 0.25) is 0 Å². The van der Waals surface area contributed by atoms with Crippen LogP contribution in [0.25, 0.3) is 10.1 Å². The van der Waals surface area contributed by atoms with Gasteiger partial charge in [0.1, 0.15) is 0 Å². The molecule has 0 aliphatic carbocycles. The van der Waals surface area contributed by atoms with Gasteiger partial charge in [-0.3, -0.25) is 0 Å². The molecule has 68 valence electrons. The Bertz CT molecular complexity index is 447. The fourth-order valence-electron chi connectivity index (χ4n) is 1.32. The maximum absolute atomic E-state index is 5.93. The van der Waals surface area contributed by atoms with Crippen LogP contribution in [0.1, 0.15) is 11.8 Å². The van der Waals surface area contributed by atoms with Crippen LogP contribution in [0.2, 0.25) is 5.02 Å². The number of thiophene rings is 1. The standard InChI is InChI=1S/C10H8BrClS/c1-2-8-10(11)7-5-6(12)3-4-9(7)13-8/h3-5H,2H2,1H3. The van der Waals surface area contributed by atoms with Gasteiger partial charge in [0.05, 0.1) is 0 Å². The lowest BCUT2D eigenvalue weighted by Crippen LogP contribution is -1.70.